The van der Waals surface area contributed by atoms with Gasteiger partial charge in [-0.3, -0.25) is 14.7 Å². The summed E-state index contributed by atoms with van der Waals surface area (Å²) in [5.41, 5.74) is 8.34. The van der Waals surface area contributed by atoms with E-state index in [1.807, 2.05) is 24.3 Å². The molecule has 1 aliphatic heterocycles. The van der Waals surface area contributed by atoms with Gasteiger partial charge in [0.2, 0.25) is 0 Å². The third kappa shape index (κ3) is 5.44. The third-order valence-electron chi connectivity index (χ3n) is 7.11. The molecular weight excluding hydrogens is 474 g/mol. The highest BCUT2D eigenvalue weighted by Crippen LogP contribution is 2.30. The summed E-state index contributed by atoms with van der Waals surface area (Å²) in [5, 5.41) is 9.24. The number of fused-ring (bicyclic) bond motifs is 1. The van der Waals surface area contributed by atoms with E-state index in [-0.39, 0.29) is 5.97 Å². The molecule has 3 aromatic carbocycles. The van der Waals surface area contributed by atoms with Crippen LogP contribution in [-0.4, -0.2) is 29.0 Å². The molecule has 0 unspecified atom stereocenters. The zero-order chi connectivity index (χ0) is 26.5. The summed E-state index contributed by atoms with van der Waals surface area (Å²) < 4.78 is 11.4. The highest BCUT2D eigenvalue weighted by molar-refractivity contribution is 5.76. The van der Waals surface area contributed by atoms with Gasteiger partial charge in [0.25, 0.3) is 0 Å². The number of carbonyl (C=O) groups excluding carboxylic acids is 1. The molecule has 4 aromatic rings. The van der Waals surface area contributed by atoms with E-state index in [4.69, 9.17) is 9.47 Å². The van der Waals surface area contributed by atoms with Gasteiger partial charge in [0.15, 0.2) is 0 Å². The average Bonchev–Trinajstić information content (AvgIpc) is 2.96. The molecule has 0 aliphatic carbocycles. The zero-order valence-electron chi connectivity index (χ0n) is 21.6. The fourth-order valence-corrected chi connectivity index (χ4v) is 5.04. The number of hydrogen-bond acceptors (Lipinski definition) is 6. The first-order valence-electron chi connectivity index (χ1n) is 12.6. The fraction of sp³-hybridized carbons (Fsp3) is 0.219. The Labute approximate surface area is 223 Å². The average molecular weight is 504 g/mol. The van der Waals surface area contributed by atoms with Gasteiger partial charge in [-0.2, -0.15) is 5.26 Å². The number of esters is 1. The predicted octanol–water partition coefficient (Wildman–Crippen LogP) is 5.61. The van der Waals surface area contributed by atoms with Gasteiger partial charge in [0, 0.05) is 25.5 Å². The SMILES string of the molecule is COC(=O)[C@H]1Cc2ccc(OCc3cccc(-c4ccccc4)c3C)cc2CN1Cc1cncc(C#N)c1. The van der Waals surface area contributed by atoms with Crippen molar-refractivity contribution in [3.8, 4) is 22.9 Å². The Morgan fingerprint density at radius 1 is 1.05 bits per heavy atom. The molecule has 5 rings (SSSR count). The number of ether oxygens (including phenoxy) is 2. The van der Waals surface area contributed by atoms with E-state index in [2.05, 4.69) is 71.4 Å². The van der Waals surface area contributed by atoms with Crippen molar-refractivity contribution >= 4 is 5.97 Å². The monoisotopic (exact) mass is 503 g/mol. The van der Waals surface area contributed by atoms with Crippen molar-refractivity contribution in [1.82, 2.24) is 9.88 Å². The fourth-order valence-electron chi connectivity index (χ4n) is 5.04. The molecular formula is C32H29N3O3. The van der Waals surface area contributed by atoms with Crippen LogP contribution in [0, 0.1) is 18.3 Å². The van der Waals surface area contributed by atoms with Crippen LogP contribution in [0.25, 0.3) is 11.1 Å². The van der Waals surface area contributed by atoms with Gasteiger partial charge in [-0.05, 0) is 70.5 Å². The van der Waals surface area contributed by atoms with Crippen LogP contribution in [0.5, 0.6) is 5.75 Å². The van der Waals surface area contributed by atoms with Crippen molar-refractivity contribution < 1.29 is 14.3 Å². The van der Waals surface area contributed by atoms with Crippen molar-refractivity contribution in [2.24, 2.45) is 0 Å². The number of benzene rings is 3. The number of pyridine rings is 1. The Bertz CT molecular complexity index is 1490. The van der Waals surface area contributed by atoms with Gasteiger partial charge in [-0.1, -0.05) is 54.6 Å². The van der Waals surface area contributed by atoms with E-state index in [1.165, 1.54) is 30.0 Å². The van der Waals surface area contributed by atoms with Crippen LogP contribution in [0.2, 0.25) is 0 Å². The van der Waals surface area contributed by atoms with E-state index in [1.54, 1.807) is 6.20 Å². The zero-order valence-corrected chi connectivity index (χ0v) is 21.6. The number of nitrogens with zero attached hydrogens (tertiary/aromatic N) is 3. The van der Waals surface area contributed by atoms with Crippen LogP contribution in [0.1, 0.15) is 33.4 Å². The lowest BCUT2D eigenvalue weighted by molar-refractivity contribution is -0.148. The van der Waals surface area contributed by atoms with E-state index < -0.39 is 6.04 Å². The molecule has 0 saturated carbocycles. The Morgan fingerprint density at radius 2 is 1.89 bits per heavy atom. The van der Waals surface area contributed by atoms with Gasteiger partial charge in [-0.15, -0.1) is 0 Å². The van der Waals surface area contributed by atoms with Gasteiger partial charge < -0.3 is 9.47 Å². The Morgan fingerprint density at radius 3 is 2.68 bits per heavy atom. The van der Waals surface area contributed by atoms with Gasteiger partial charge in [-0.25, -0.2) is 0 Å². The molecule has 1 aromatic heterocycles. The smallest absolute Gasteiger partial charge is 0.323 e. The van der Waals surface area contributed by atoms with Crippen molar-refractivity contribution in [2.45, 2.75) is 39.1 Å². The third-order valence-corrected chi connectivity index (χ3v) is 7.11. The lowest BCUT2D eigenvalue weighted by Crippen LogP contribution is -2.45. The largest absolute Gasteiger partial charge is 0.489 e. The van der Waals surface area contributed by atoms with Gasteiger partial charge in [0.05, 0.1) is 12.7 Å². The summed E-state index contributed by atoms with van der Waals surface area (Å²) in [6.45, 7) is 3.64. The highest BCUT2D eigenvalue weighted by Gasteiger charge is 2.32. The number of carbonyl (C=O) groups is 1. The molecule has 0 bridgehead atoms. The summed E-state index contributed by atoms with van der Waals surface area (Å²) >= 11 is 0. The standard InChI is InChI=1S/C32H29N3O3/c1-22-27(9-6-10-30(22)25-7-4-3-5-8-25)21-38-29-12-11-26-15-31(32(36)37-2)35(20-28(26)14-29)19-24-13-23(16-33)17-34-18-24/h3-14,17-18,31H,15,19-21H2,1-2H3/t31-/m1/s1. The molecule has 0 N–H and O–H groups in total. The molecule has 0 fully saturated rings. The topological polar surface area (TPSA) is 75.5 Å². The van der Waals surface area contributed by atoms with Crippen molar-refractivity contribution in [1.29, 1.82) is 5.26 Å². The molecule has 2 heterocycles. The van der Waals surface area contributed by atoms with Crippen LogP contribution < -0.4 is 4.74 Å². The first-order chi connectivity index (χ1) is 18.6. The van der Waals surface area contributed by atoms with E-state index >= 15 is 0 Å². The molecule has 190 valence electrons. The second-order valence-corrected chi connectivity index (χ2v) is 9.52. The van der Waals surface area contributed by atoms with Crippen LogP contribution >= 0.6 is 0 Å². The second kappa shape index (κ2) is 11.3. The Balaban J connectivity index is 1.35. The van der Waals surface area contributed by atoms with Gasteiger partial charge in [0.1, 0.15) is 24.5 Å². The maximum Gasteiger partial charge on any atom is 0.323 e. The first-order valence-corrected chi connectivity index (χ1v) is 12.6. The maximum absolute atomic E-state index is 12.6. The molecule has 6 heteroatoms. The molecule has 0 radical (unpaired) electrons. The van der Waals surface area contributed by atoms with Crippen LogP contribution in [0.4, 0.5) is 0 Å². The van der Waals surface area contributed by atoms with Gasteiger partial charge >= 0.3 is 5.97 Å². The minimum Gasteiger partial charge on any atom is -0.489 e. The lowest BCUT2D eigenvalue weighted by atomic mass is 9.93. The van der Waals surface area contributed by atoms with Crippen LogP contribution in [0.15, 0.2) is 85.2 Å². The Kier molecular flexibility index (Phi) is 7.48. The molecule has 1 atom stereocenters. The van der Waals surface area contributed by atoms with E-state index in [0.29, 0.717) is 31.7 Å². The minimum absolute atomic E-state index is 0.269. The maximum atomic E-state index is 12.6. The molecule has 0 saturated heterocycles. The summed E-state index contributed by atoms with van der Waals surface area (Å²) in [6, 6.07) is 26.3. The van der Waals surface area contributed by atoms with Crippen molar-refractivity contribution in [2.75, 3.05) is 7.11 Å². The quantitative estimate of drug-likeness (QED) is 0.305. The van der Waals surface area contributed by atoms with Crippen LogP contribution in [0.3, 0.4) is 0 Å². The predicted molar refractivity (Wildman–Crippen MR) is 145 cm³/mol. The lowest BCUT2D eigenvalue weighted by Gasteiger charge is -2.35. The second-order valence-electron chi connectivity index (χ2n) is 9.52. The molecule has 0 amide bonds. The van der Waals surface area contributed by atoms with E-state index in [9.17, 15) is 10.1 Å². The molecule has 1 aliphatic rings. The first kappa shape index (κ1) is 25.2. The summed E-state index contributed by atoms with van der Waals surface area (Å²) in [5.74, 6) is 0.520. The highest BCUT2D eigenvalue weighted by atomic mass is 16.5. The summed E-state index contributed by atoms with van der Waals surface area (Å²) in [6.07, 6.45) is 3.82. The summed E-state index contributed by atoms with van der Waals surface area (Å²) in [7, 11) is 1.42. The van der Waals surface area contributed by atoms with Crippen molar-refractivity contribution in [3.05, 3.63) is 119 Å². The molecule has 38 heavy (non-hydrogen) atoms. The number of aromatic nitrogens is 1. The Hall–Kier alpha value is -4.47. The molecule has 6 nitrogen and oxygen atoms in total. The number of hydrogen-bond donors (Lipinski definition) is 0. The van der Waals surface area contributed by atoms with Crippen molar-refractivity contribution in [3.63, 3.8) is 0 Å². The summed E-state index contributed by atoms with van der Waals surface area (Å²) in [4.78, 5) is 18.9. The molecule has 0 spiro atoms. The van der Waals surface area contributed by atoms with Crippen LogP contribution in [-0.2, 0) is 35.6 Å². The van der Waals surface area contributed by atoms with E-state index in [0.717, 1.165) is 28.0 Å². The minimum atomic E-state index is -0.409. The number of methoxy groups -OCH3 is 1. The number of rotatable bonds is 7. The number of nitriles is 1. The normalized spacial score (nSPS) is 14.8.